The number of pyridine rings is 1. The fourth-order valence-corrected chi connectivity index (χ4v) is 2.46. The second kappa shape index (κ2) is 7.61. The van der Waals surface area contributed by atoms with Crippen LogP contribution in [0, 0.1) is 0 Å². The summed E-state index contributed by atoms with van der Waals surface area (Å²) < 4.78 is 5.48. The third-order valence-electron chi connectivity index (χ3n) is 2.92. The number of urea groups is 1. The Morgan fingerprint density at radius 1 is 1.33 bits per heavy atom. The predicted octanol–water partition coefficient (Wildman–Crippen LogP) is 3.64. The number of aromatic nitrogens is 1. The number of nitrogens with zero attached hydrogens (tertiary/aromatic N) is 2. The van der Waals surface area contributed by atoms with E-state index >= 15 is 0 Å². The van der Waals surface area contributed by atoms with Gasteiger partial charge in [-0.2, -0.15) is 0 Å². The van der Waals surface area contributed by atoms with Crippen LogP contribution in [0.25, 0.3) is 0 Å². The van der Waals surface area contributed by atoms with Crippen LogP contribution in [0.2, 0.25) is 10.0 Å². The van der Waals surface area contributed by atoms with Crippen molar-refractivity contribution >= 4 is 65.1 Å². The number of carbonyl (C=O) groups is 2. The summed E-state index contributed by atoms with van der Waals surface area (Å²) in [4.78, 5) is 27.7. The number of hydrogen-bond acceptors (Lipinski definition) is 6. The van der Waals surface area contributed by atoms with Gasteiger partial charge in [0.05, 0.1) is 40.4 Å². The molecule has 3 N–H and O–H groups in total. The van der Waals surface area contributed by atoms with Crippen LogP contribution in [0.4, 0.5) is 21.9 Å². The van der Waals surface area contributed by atoms with Crippen molar-refractivity contribution in [2.75, 3.05) is 22.5 Å². The van der Waals surface area contributed by atoms with E-state index in [4.69, 9.17) is 28.9 Å². The van der Waals surface area contributed by atoms with Gasteiger partial charge in [-0.3, -0.25) is 0 Å². The van der Waals surface area contributed by atoms with Crippen LogP contribution in [0.15, 0.2) is 30.5 Å². The van der Waals surface area contributed by atoms with Gasteiger partial charge in [-0.15, -0.1) is 0 Å². The van der Waals surface area contributed by atoms with E-state index in [9.17, 15) is 9.59 Å². The lowest BCUT2D eigenvalue weighted by atomic mass is 10.3. The molecule has 2 aromatic rings. The highest BCUT2D eigenvalue weighted by atomic mass is 35.5. The molecule has 0 saturated carbocycles. The minimum absolute atomic E-state index is 0.0238. The van der Waals surface area contributed by atoms with Gasteiger partial charge >= 0.3 is 12.0 Å². The molecule has 1 heterocycles. The summed E-state index contributed by atoms with van der Waals surface area (Å²) in [6.45, 7) is 0. The number of rotatable bonds is 3. The lowest BCUT2D eigenvalue weighted by Gasteiger charge is -2.19. The molecule has 10 heteroatoms. The molecule has 1 aromatic heterocycles. The Labute approximate surface area is 153 Å². The number of para-hydroxylation sites is 1. The van der Waals surface area contributed by atoms with Crippen LogP contribution < -0.4 is 15.4 Å². The predicted molar refractivity (Wildman–Crippen MR) is 96.9 cm³/mol. The average Bonchev–Trinajstić information content (AvgIpc) is 2.57. The molecule has 1 aromatic carbocycles. The maximum atomic E-state index is 12.3. The van der Waals surface area contributed by atoms with Crippen LogP contribution >= 0.6 is 36.0 Å². The summed E-state index contributed by atoms with van der Waals surface area (Å²) in [7, 11) is 1.21. The molecular formula is C14H12Cl2N4O3S. The summed E-state index contributed by atoms with van der Waals surface area (Å²) in [5, 5.41) is 3.04. The molecule has 0 aliphatic rings. The molecule has 24 heavy (non-hydrogen) atoms. The largest absolute Gasteiger partial charge is 0.464 e. The van der Waals surface area contributed by atoms with Gasteiger partial charge in [0.15, 0.2) is 5.69 Å². The van der Waals surface area contributed by atoms with Crippen molar-refractivity contribution < 1.29 is 14.3 Å². The van der Waals surface area contributed by atoms with Crippen molar-refractivity contribution in [3.63, 3.8) is 0 Å². The smallest absolute Gasteiger partial charge is 0.356 e. The van der Waals surface area contributed by atoms with Crippen LogP contribution in [0.1, 0.15) is 10.5 Å². The van der Waals surface area contributed by atoms with Crippen molar-refractivity contribution in [3.05, 3.63) is 46.2 Å². The first kappa shape index (κ1) is 18.2. The highest BCUT2D eigenvalue weighted by Crippen LogP contribution is 2.31. The molecule has 2 amide bonds. The number of benzene rings is 1. The van der Waals surface area contributed by atoms with Crippen LogP contribution in [-0.2, 0) is 4.74 Å². The second-order valence-corrected chi connectivity index (χ2v) is 5.67. The molecular weight excluding hydrogens is 375 g/mol. The molecule has 0 atom stereocenters. The molecule has 0 fully saturated rings. The number of hydrogen-bond donors (Lipinski definition) is 3. The number of nitrogens with two attached hydrogens (primary N) is 1. The van der Waals surface area contributed by atoms with Gasteiger partial charge in [0, 0.05) is 0 Å². The lowest BCUT2D eigenvalue weighted by molar-refractivity contribution is 0.0594. The summed E-state index contributed by atoms with van der Waals surface area (Å²) >= 11 is 16.1. The highest BCUT2D eigenvalue weighted by Gasteiger charge is 2.20. The number of methoxy groups -OCH3 is 1. The number of esters is 1. The summed E-state index contributed by atoms with van der Waals surface area (Å²) in [6.07, 6.45) is 1.22. The Hall–Kier alpha value is -2.16. The minimum Gasteiger partial charge on any atom is -0.464 e. The number of ether oxygens (including phenoxy) is 1. The Balaban J connectivity index is 2.29. The van der Waals surface area contributed by atoms with Gasteiger partial charge in [0.1, 0.15) is 0 Å². The maximum absolute atomic E-state index is 12.3. The van der Waals surface area contributed by atoms with Gasteiger partial charge in [-0.25, -0.2) is 18.9 Å². The third-order valence-corrected chi connectivity index (χ3v) is 3.95. The van der Waals surface area contributed by atoms with E-state index in [-0.39, 0.29) is 32.8 Å². The van der Waals surface area contributed by atoms with E-state index < -0.39 is 12.0 Å². The molecule has 2 rings (SSSR count). The number of anilines is 3. The zero-order valence-electron chi connectivity index (χ0n) is 12.3. The molecule has 126 valence electrons. The van der Waals surface area contributed by atoms with Crippen molar-refractivity contribution in [1.82, 2.24) is 4.98 Å². The number of amides is 2. The number of thiol groups is 1. The maximum Gasteiger partial charge on any atom is 0.356 e. The summed E-state index contributed by atoms with van der Waals surface area (Å²) in [6, 6.07) is 5.39. The molecule has 0 bridgehead atoms. The Kier molecular flexibility index (Phi) is 5.76. The van der Waals surface area contributed by atoms with Gasteiger partial charge in [0.25, 0.3) is 0 Å². The van der Waals surface area contributed by atoms with E-state index in [2.05, 4.69) is 27.9 Å². The van der Waals surface area contributed by atoms with E-state index in [0.29, 0.717) is 0 Å². The first-order valence-corrected chi connectivity index (χ1v) is 7.58. The number of nitrogens with one attached hydrogen (secondary N) is 1. The second-order valence-electron chi connectivity index (χ2n) is 4.46. The average molecular weight is 387 g/mol. The van der Waals surface area contributed by atoms with Gasteiger partial charge in [-0.05, 0) is 18.2 Å². The molecule has 0 spiro atoms. The minimum atomic E-state index is -0.679. The van der Waals surface area contributed by atoms with E-state index in [1.54, 1.807) is 18.2 Å². The van der Waals surface area contributed by atoms with Crippen LogP contribution in [0.3, 0.4) is 0 Å². The van der Waals surface area contributed by atoms with E-state index in [1.165, 1.54) is 19.4 Å². The quantitative estimate of drug-likeness (QED) is 0.552. The number of nitrogen functional groups attached to an aromatic ring is 1. The molecule has 0 aliphatic carbocycles. The van der Waals surface area contributed by atoms with Crippen LogP contribution in [-0.4, -0.2) is 24.1 Å². The first-order chi connectivity index (χ1) is 11.3. The fourth-order valence-electron chi connectivity index (χ4n) is 1.74. The van der Waals surface area contributed by atoms with E-state index in [0.717, 1.165) is 4.31 Å². The molecule has 7 nitrogen and oxygen atoms in total. The van der Waals surface area contributed by atoms with Crippen molar-refractivity contribution in [1.29, 1.82) is 0 Å². The summed E-state index contributed by atoms with van der Waals surface area (Å²) in [5.41, 5.74) is 6.27. The Morgan fingerprint density at radius 2 is 1.96 bits per heavy atom. The normalized spacial score (nSPS) is 10.2. The molecule has 0 radical (unpaired) electrons. The van der Waals surface area contributed by atoms with Crippen molar-refractivity contribution in [2.45, 2.75) is 0 Å². The number of carbonyl (C=O) groups excluding carboxylic acids is 2. The van der Waals surface area contributed by atoms with Gasteiger partial charge in [0.2, 0.25) is 0 Å². The molecule has 0 saturated heterocycles. The van der Waals surface area contributed by atoms with Crippen molar-refractivity contribution in [2.24, 2.45) is 0 Å². The zero-order chi connectivity index (χ0) is 17.9. The van der Waals surface area contributed by atoms with Gasteiger partial charge < -0.3 is 15.8 Å². The van der Waals surface area contributed by atoms with Gasteiger partial charge in [-0.1, -0.05) is 42.1 Å². The number of halogens is 2. The molecule has 0 aliphatic heterocycles. The lowest BCUT2D eigenvalue weighted by Crippen LogP contribution is -2.28. The molecule has 0 unspecified atom stereocenters. The fraction of sp³-hybridized carbons (Fsp3) is 0.0714. The Bertz CT molecular complexity index is 783. The highest BCUT2D eigenvalue weighted by molar-refractivity contribution is 7.82. The standard InChI is InChI=1S/C14H12Cl2N4O3S/c1-23-13(21)10-5-11(9(17)6-18-10)20(24)14(22)19-12-7(15)3-2-4-8(12)16/h2-6,24H,17H2,1H3,(H,19,22). The van der Waals surface area contributed by atoms with E-state index in [1.807, 2.05) is 0 Å². The van der Waals surface area contributed by atoms with Crippen molar-refractivity contribution in [3.8, 4) is 0 Å². The Morgan fingerprint density at radius 3 is 2.54 bits per heavy atom. The summed E-state index contributed by atoms with van der Waals surface area (Å²) in [5.74, 6) is -0.674. The topological polar surface area (TPSA) is 97.5 Å². The monoisotopic (exact) mass is 386 g/mol. The first-order valence-electron chi connectivity index (χ1n) is 6.43. The third kappa shape index (κ3) is 3.84. The zero-order valence-corrected chi connectivity index (χ0v) is 14.7. The SMILES string of the molecule is COC(=O)c1cc(N(S)C(=O)Nc2c(Cl)cccc2Cl)c(N)cn1. The van der Waals surface area contributed by atoms with Crippen LogP contribution in [0.5, 0.6) is 0 Å².